The van der Waals surface area contributed by atoms with Crippen LogP contribution in [-0.4, -0.2) is 27.2 Å². The fraction of sp³-hybridized carbons (Fsp3) is 0.471. The van der Waals surface area contributed by atoms with Gasteiger partial charge in [-0.15, -0.1) is 0 Å². The molecule has 1 fully saturated rings. The van der Waals surface area contributed by atoms with Crippen molar-refractivity contribution >= 4 is 5.91 Å². The first-order valence-corrected chi connectivity index (χ1v) is 8.01. The van der Waals surface area contributed by atoms with Crippen LogP contribution in [0.4, 0.5) is 0 Å². The second-order valence-electron chi connectivity index (χ2n) is 5.93. The summed E-state index contributed by atoms with van der Waals surface area (Å²) in [7, 11) is 0. The Bertz CT molecular complexity index is 602. The molecular formula is C17H22N4O. The first kappa shape index (κ1) is 14.8. The van der Waals surface area contributed by atoms with Gasteiger partial charge < -0.3 is 5.32 Å². The molecule has 0 atom stereocenters. The molecule has 0 aliphatic heterocycles. The van der Waals surface area contributed by atoms with Crippen molar-refractivity contribution in [3.05, 3.63) is 36.9 Å². The average molecular weight is 298 g/mol. The van der Waals surface area contributed by atoms with Crippen LogP contribution >= 0.6 is 0 Å². The number of rotatable bonds is 6. The minimum Gasteiger partial charge on any atom is -0.354 e. The fourth-order valence-electron chi connectivity index (χ4n) is 3.04. The minimum absolute atomic E-state index is 0.174. The van der Waals surface area contributed by atoms with Crippen LogP contribution in [0.3, 0.4) is 0 Å². The maximum absolute atomic E-state index is 11.9. The summed E-state index contributed by atoms with van der Waals surface area (Å²) in [6, 6.07) is 3.93. The lowest BCUT2D eigenvalue weighted by atomic mass is 10.0. The zero-order valence-electron chi connectivity index (χ0n) is 12.7. The lowest BCUT2D eigenvalue weighted by molar-refractivity contribution is -0.122. The van der Waals surface area contributed by atoms with Gasteiger partial charge in [-0.2, -0.15) is 5.10 Å². The van der Waals surface area contributed by atoms with E-state index in [2.05, 4.69) is 15.4 Å². The van der Waals surface area contributed by atoms with Crippen LogP contribution in [0.2, 0.25) is 0 Å². The van der Waals surface area contributed by atoms with Crippen LogP contribution in [0.25, 0.3) is 11.1 Å². The van der Waals surface area contributed by atoms with E-state index in [0.29, 0.717) is 25.4 Å². The molecule has 2 heterocycles. The number of amides is 1. The lowest BCUT2D eigenvalue weighted by Crippen LogP contribution is -2.28. The molecule has 0 saturated heterocycles. The highest BCUT2D eigenvalue weighted by Crippen LogP contribution is 2.27. The van der Waals surface area contributed by atoms with Crippen LogP contribution in [0, 0.1) is 5.92 Å². The third-order valence-electron chi connectivity index (χ3n) is 4.26. The Morgan fingerprint density at radius 1 is 1.23 bits per heavy atom. The lowest BCUT2D eigenvalue weighted by Gasteiger charge is -2.09. The van der Waals surface area contributed by atoms with Crippen LogP contribution in [-0.2, 0) is 11.3 Å². The highest BCUT2D eigenvalue weighted by atomic mass is 16.1. The molecule has 1 amide bonds. The molecule has 1 N–H and O–H groups in total. The van der Waals surface area contributed by atoms with Crippen molar-refractivity contribution in [3.8, 4) is 11.1 Å². The molecule has 5 nitrogen and oxygen atoms in total. The topological polar surface area (TPSA) is 59.8 Å². The number of hydrogen-bond donors (Lipinski definition) is 1. The Hall–Kier alpha value is -2.17. The maximum atomic E-state index is 11.9. The molecule has 1 aliphatic carbocycles. The first-order valence-electron chi connectivity index (χ1n) is 8.01. The van der Waals surface area contributed by atoms with Gasteiger partial charge in [-0.1, -0.05) is 12.8 Å². The molecule has 0 bridgehead atoms. The van der Waals surface area contributed by atoms with Crippen LogP contribution < -0.4 is 5.32 Å². The molecule has 0 radical (unpaired) electrons. The van der Waals surface area contributed by atoms with Crippen LogP contribution in [0.1, 0.15) is 32.1 Å². The first-order chi connectivity index (χ1) is 10.8. The Kier molecular flexibility index (Phi) is 4.83. The van der Waals surface area contributed by atoms with Crippen LogP contribution in [0.15, 0.2) is 36.9 Å². The van der Waals surface area contributed by atoms with Gasteiger partial charge in [0.1, 0.15) is 0 Å². The van der Waals surface area contributed by atoms with Gasteiger partial charge in [-0.05, 0) is 36.5 Å². The Balaban J connectivity index is 1.44. The number of carbonyl (C=O) groups is 1. The number of hydrogen-bond acceptors (Lipinski definition) is 3. The molecule has 0 unspecified atom stereocenters. The van der Waals surface area contributed by atoms with E-state index in [1.165, 1.54) is 25.7 Å². The molecule has 0 spiro atoms. The number of aromatic nitrogens is 3. The molecule has 116 valence electrons. The summed E-state index contributed by atoms with van der Waals surface area (Å²) in [6.07, 6.45) is 13.1. The zero-order valence-corrected chi connectivity index (χ0v) is 12.7. The van der Waals surface area contributed by atoms with Crippen molar-refractivity contribution in [2.24, 2.45) is 5.92 Å². The highest BCUT2D eigenvalue weighted by Gasteiger charge is 2.17. The molecule has 1 aliphatic rings. The molecule has 2 aromatic rings. The summed E-state index contributed by atoms with van der Waals surface area (Å²) in [5.74, 6) is 0.774. The van der Waals surface area contributed by atoms with E-state index in [1.54, 1.807) is 12.4 Å². The van der Waals surface area contributed by atoms with Gasteiger partial charge in [0.15, 0.2) is 0 Å². The summed E-state index contributed by atoms with van der Waals surface area (Å²) in [4.78, 5) is 15.9. The Labute approximate surface area is 130 Å². The van der Waals surface area contributed by atoms with E-state index in [-0.39, 0.29) is 5.91 Å². The standard InChI is InChI=1S/C17H22N4O/c22-17(11-14-3-1-2-4-14)19-9-10-21-13-16(12-20-21)15-5-7-18-8-6-15/h5-8,12-14H,1-4,9-11H2,(H,19,22). The summed E-state index contributed by atoms with van der Waals surface area (Å²) >= 11 is 0. The quantitative estimate of drug-likeness (QED) is 0.892. The Morgan fingerprint density at radius 3 is 2.77 bits per heavy atom. The van der Waals surface area contributed by atoms with Gasteiger partial charge in [-0.25, -0.2) is 0 Å². The SMILES string of the molecule is O=C(CC1CCCC1)NCCn1cc(-c2ccncc2)cn1. The van der Waals surface area contributed by atoms with Gasteiger partial charge in [0, 0.05) is 37.1 Å². The Morgan fingerprint density at radius 2 is 2.00 bits per heavy atom. The molecule has 3 rings (SSSR count). The van der Waals surface area contributed by atoms with E-state index >= 15 is 0 Å². The number of nitrogens with one attached hydrogen (secondary N) is 1. The number of carbonyl (C=O) groups excluding carboxylic acids is 1. The van der Waals surface area contributed by atoms with Crippen molar-refractivity contribution < 1.29 is 4.79 Å². The number of pyridine rings is 1. The van der Waals surface area contributed by atoms with Crippen LogP contribution in [0.5, 0.6) is 0 Å². The van der Waals surface area contributed by atoms with Gasteiger partial charge >= 0.3 is 0 Å². The largest absolute Gasteiger partial charge is 0.354 e. The molecular weight excluding hydrogens is 276 g/mol. The highest BCUT2D eigenvalue weighted by molar-refractivity contribution is 5.76. The number of nitrogens with zero attached hydrogens (tertiary/aromatic N) is 3. The van der Waals surface area contributed by atoms with E-state index in [9.17, 15) is 4.79 Å². The predicted octanol–water partition coefficient (Wildman–Crippen LogP) is 2.64. The molecule has 22 heavy (non-hydrogen) atoms. The molecule has 2 aromatic heterocycles. The van der Waals surface area contributed by atoms with Gasteiger partial charge in [0.25, 0.3) is 0 Å². The van der Waals surface area contributed by atoms with E-state index in [1.807, 2.05) is 29.2 Å². The summed E-state index contributed by atoms with van der Waals surface area (Å²) < 4.78 is 1.87. The third-order valence-corrected chi connectivity index (χ3v) is 4.26. The minimum atomic E-state index is 0.174. The van der Waals surface area contributed by atoms with Crippen molar-refractivity contribution in [2.45, 2.75) is 38.6 Å². The summed E-state index contributed by atoms with van der Waals surface area (Å²) in [6.45, 7) is 1.32. The average Bonchev–Trinajstić information content (AvgIpc) is 3.20. The normalized spacial score (nSPS) is 15.1. The second-order valence-corrected chi connectivity index (χ2v) is 5.93. The summed E-state index contributed by atoms with van der Waals surface area (Å²) in [5, 5.41) is 7.33. The van der Waals surface area contributed by atoms with Crippen molar-refractivity contribution in [1.82, 2.24) is 20.1 Å². The van der Waals surface area contributed by atoms with Gasteiger partial charge in [0.05, 0.1) is 12.7 Å². The monoisotopic (exact) mass is 298 g/mol. The van der Waals surface area contributed by atoms with Crippen molar-refractivity contribution in [1.29, 1.82) is 0 Å². The molecule has 1 saturated carbocycles. The van der Waals surface area contributed by atoms with Gasteiger partial charge in [0.2, 0.25) is 5.91 Å². The molecule has 0 aromatic carbocycles. The predicted molar refractivity (Wildman–Crippen MR) is 85.0 cm³/mol. The van der Waals surface area contributed by atoms with Crippen molar-refractivity contribution in [2.75, 3.05) is 6.54 Å². The van der Waals surface area contributed by atoms with Crippen molar-refractivity contribution in [3.63, 3.8) is 0 Å². The zero-order chi connectivity index (χ0) is 15.2. The fourth-order valence-corrected chi connectivity index (χ4v) is 3.04. The van der Waals surface area contributed by atoms with E-state index in [4.69, 9.17) is 0 Å². The summed E-state index contributed by atoms with van der Waals surface area (Å²) in [5.41, 5.74) is 2.17. The van der Waals surface area contributed by atoms with E-state index < -0.39 is 0 Å². The van der Waals surface area contributed by atoms with E-state index in [0.717, 1.165) is 11.1 Å². The molecule has 5 heteroatoms. The van der Waals surface area contributed by atoms with Gasteiger partial charge in [-0.3, -0.25) is 14.5 Å². The second kappa shape index (κ2) is 7.20. The maximum Gasteiger partial charge on any atom is 0.220 e. The smallest absolute Gasteiger partial charge is 0.220 e. The third kappa shape index (κ3) is 3.93.